The van der Waals surface area contributed by atoms with E-state index >= 15 is 0 Å². The van der Waals surface area contributed by atoms with Crippen molar-refractivity contribution in [3.63, 3.8) is 0 Å². The van der Waals surface area contributed by atoms with Crippen LogP contribution in [-0.4, -0.2) is 39.6 Å². The third kappa shape index (κ3) is 5.54. The molecule has 0 radical (unpaired) electrons. The molecule has 1 unspecified atom stereocenters. The highest BCUT2D eigenvalue weighted by atomic mass is 16.2. The van der Waals surface area contributed by atoms with E-state index in [1.807, 2.05) is 14.1 Å². The van der Waals surface area contributed by atoms with E-state index in [-0.39, 0.29) is 5.91 Å². The third-order valence-electron chi connectivity index (χ3n) is 4.88. The Kier molecular flexibility index (Phi) is 6.46. The van der Waals surface area contributed by atoms with Gasteiger partial charge in [0.15, 0.2) is 6.54 Å². The van der Waals surface area contributed by atoms with Gasteiger partial charge in [-0.25, -0.2) is 0 Å². The van der Waals surface area contributed by atoms with E-state index in [0.29, 0.717) is 18.5 Å². The first-order chi connectivity index (χ1) is 11.0. The number of nitrogens with zero attached hydrogens (tertiary/aromatic N) is 1. The molecule has 4 heteroatoms. The van der Waals surface area contributed by atoms with Crippen LogP contribution in [0.1, 0.15) is 38.2 Å². The summed E-state index contributed by atoms with van der Waals surface area (Å²) in [7, 11) is 6.18. The van der Waals surface area contributed by atoms with Crippen molar-refractivity contribution in [2.75, 3.05) is 32.6 Å². The van der Waals surface area contributed by atoms with Crippen molar-refractivity contribution in [2.24, 2.45) is 5.92 Å². The number of anilines is 1. The number of amides is 1. The molecule has 1 amide bonds. The Hall–Kier alpha value is -1.55. The molecule has 1 aliphatic rings. The van der Waals surface area contributed by atoms with Crippen molar-refractivity contribution < 1.29 is 9.69 Å². The van der Waals surface area contributed by atoms with Gasteiger partial charge in [0.2, 0.25) is 0 Å². The maximum Gasteiger partial charge on any atom is 0.275 e. The van der Waals surface area contributed by atoms with Gasteiger partial charge in [0.1, 0.15) is 6.54 Å². The lowest BCUT2D eigenvalue weighted by Gasteiger charge is -2.29. The fraction of sp³-hybridized carbons (Fsp3) is 0.632. The Morgan fingerprint density at radius 1 is 1.22 bits per heavy atom. The normalized spacial score (nSPS) is 22.4. The van der Waals surface area contributed by atoms with Gasteiger partial charge in [-0.2, -0.15) is 0 Å². The Morgan fingerprint density at radius 3 is 2.48 bits per heavy atom. The number of carbonyl (C=O) groups is 1. The Bertz CT molecular complexity index is 498. The fourth-order valence-corrected chi connectivity index (χ4v) is 3.39. The highest BCUT2D eigenvalue weighted by Crippen LogP contribution is 2.23. The molecule has 128 valence electrons. The van der Waals surface area contributed by atoms with Crippen molar-refractivity contribution in [1.82, 2.24) is 5.32 Å². The van der Waals surface area contributed by atoms with Crippen LogP contribution in [0.5, 0.6) is 0 Å². The van der Waals surface area contributed by atoms with Crippen LogP contribution >= 0.6 is 0 Å². The lowest BCUT2D eigenvalue weighted by molar-refractivity contribution is -0.885. The summed E-state index contributed by atoms with van der Waals surface area (Å²) in [6, 6.07) is 8.95. The van der Waals surface area contributed by atoms with Crippen LogP contribution in [0.3, 0.4) is 0 Å². The van der Waals surface area contributed by atoms with Gasteiger partial charge in [0.05, 0.1) is 7.05 Å². The lowest BCUT2D eigenvalue weighted by atomic mass is 9.86. The van der Waals surface area contributed by atoms with E-state index < -0.39 is 0 Å². The topological polar surface area (TPSA) is 36.8 Å². The first-order valence-electron chi connectivity index (χ1n) is 8.82. The van der Waals surface area contributed by atoms with Gasteiger partial charge in [-0.05, 0) is 30.9 Å². The van der Waals surface area contributed by atoms with E-state index in [0.717, 1.165) is 13.0 Å². The number of hydrogen-bond acceptors (Lipinski definition) is 2. The number of benzene rings is 1. The quantitative estimate of drug-likeness (QED) is 0.833. The van der Waals surface area contributed by atoms with Gasteiger partial charge < -0.3 is 15.1 Å². The van der Waals surface area contributed by atoms with Crippen LogP contribution in [0, 0.1) is 5.92 Å². The van der Waals surface area contributed by atoms with Gasteiger partial charge in [0.25, 0.3) is 5.91 Å². The van der Waals surface area contributed by atoms with Crippen LogP contribution in [0.15, 0.2) is 24.3 Å². The van der Waals surface area contributed by atoms with Gasteiger partial charge in [0, 0.05) is 31.4 Å². The molecule has 3 atom stereocenters. The minimum Gasteiger partial charge on any atom is -0.378 e. The second kappa shape index (κ2) is 8.34. The zero-order chi connectivity index (χ0) is 16.8. The minimum atomic E-state index is 0.186. The first-order valence-corrected chi connectivity index (χ1v) is 8.82. The molecule has 0 saturated heterocycles. The van der Waals surface area contributed by atoms with Crippen LogP contribution in [-0.2, 0) is 11.3 Å². The molecule has 1 saturated carbocycles. The number of nitrogens with one attached hydrogen (secondary N) is 2. The van der Waals surface area contributed by atoms with Crippen LogP contribution in [0.25, 0.3) is 0 Å². The predicted octanol–water partition coefficient (Wildman–Crippen LogP) is 1.46. The zero-order valence-electron chi connectivity index (χ0n) is 15.1. The lowest BCUT2D eigenvalue weighted by Crippen LogP contribution is -3.09. The molecule has 1 aromatic rings. The third-order valence-corrected chi connectivity index (χ3v) is 4.88. The van der Waals surface area contributed by atoms with Gasteiger partial charge >= 0.3 is 0 Å². The molecule has 0 aromatic heterocycles. The van der Waals surface area contributed by atoms with Crippen molar-refractivity contribution in [3.05, 3.63) is 29.8 Å². The van der Waals surface area contributed by atoms with Crippen LogP contribution in [0.4, 0.5) is 5.69 Å². The maximum absolute atomic E-state index is 12.3. The number of likely N-dealkylation sites (N-methyl/N-ethyl adjacent to an activating group) is 1. The van der Waals surface area contributed by atoms with Crippen molar-refractivity contribution in [1.29, 1.82) is 0 Å². The summed E-state index contributed by atoms with van der Waals surface area (Å²) in [5.74, 6) is 0.803. The van der Waals surface area contributed by atoms with Gasteiger partial charge in [-0.3, -0.25) is 4.79 Å². The molecule has 1 aromatic carbocycles. The molecule has 2 rings (SSSR count). The summed E-state index contributed by atoms with van der Waals surface area (Å²) in [5, 5.41) is 3.24. The average molecular weight is 318 g/mol. The molecule has 1 fully saturated rings. The maximum atomic E-state index is 12.3. The SMILES string of the molecule is C[C@H]1CCCC[C@H]1NC(=O)C[NH+](C)Cc1ccc(N(C)C)cc1. The molecule has 4 nitrogen and oxygen atoms in total. The molecular weight excluding hydrogens is 286 g/mol. The van der Waals surface area contributed by atoms with E-state index in [1.54, 1.807) is 0 Å². The number of carbonyl (C=O) groups excluding carboxylic acids is 1. The van der Waals surface area contributed by atoms with Crippen LogP contribution in [0.2, 0.25) is 0 Å². The molecular formula is C19H32N3O+. The molecule has 2 N–H and O–H groups in total. The zero-order valence-corrected chi connectivity index (χ0v) is 15.1. The average Bonchev–Trinajstić information content (AvgIpc) is 2.50. The van der Waals surface area contributed by atoms with E-state index in [1.165, 1.54) is 35.4 Å². The highest BCUT2D eigenvalue weighted by molar-refractivity contribution is 5.77. The minimum absolute atomic E-state index is 0.186. The second-order valence-electron chi connectivity index (χ2n) is 7.31. The molecule has 0 spiro atoms. The molecule has 0 aliphatic heterocycles. The smallest absolute Gasteiger partial charge is 0.275 e. The molecule has 1 aliphatic carbocycles. The number of rotatable bonds is 6. The molecule has 0 bridgehead atoms. The van der Waals surface area contributed by atoms with Gasteiger partial charge in [-0.1, -0.05) is 31.9 Å². The van der Waals surface area contributed by atoms with Crippen molar-refractivity contribution >= 4 is 11.6 Å². The summed E-state index contributed by atoms with van der Waals surface area (Å²) < 4.78 is 0. The molecule has 23 heavy (non-hydrogen) atoms. The second-order valence-corrected chi connectivity index (χ2v) is 7.31. The predicted molar refractivity (Wildman–Crippen MR) is 95.8 cm³/mol. The van der Waals surface area contributed by atoms with E-state index in [4.69, 9.17) is 0 Å². The summed E-state index contributed by atoms with van der Waals surface area (Å²) in [5.41, 5.74) is 2.47. The summed E-state index contributed by atoms with van der Waals surface area (Å²) >= 11 is 0. The van der Waals surface area contributed by atoms with Crippen molar-refractivity contribution in [2.45, 2.75) is 45.2 Å². The summed E-state index contributed by atoms with van der Waals surface area (Å²) in [4.78, 5) is 15.6. The highest BCUT2D eigenvalue weighted by Gasteiger charge is 2.23. The Labute approximate surface area is 140 Å². The van der Waals surface area contributed by atoms with E-state index in [9.17, 15) is 4.79 Å². The van der Waals surface area contributed by atoms with Gasteiger partial charge in [-0.15, -0.1) is 0 Å². The Balaban J connectivity index is 1.79. The monoisotopic (exact) mass is 318 g/mol. The number of hydrogen-bond donors (Lipinski definition) is 2. The Morgan fingerprint density at radius 2 is 1.87 bits per heavy atom. The van der Waals surface area contributed by atoms with E-state index in [2.05, 4.69) is 48.5 Å². The largest absolute Gasteiger partial charge is 0.378 e. The number of quaternary nitrogens is 1. The first kappa shape index (κ1) is 17.8. The standard InChI is InChI=1S/C19H31N3O/c1-15-7-5-6-8-18(15)20-19(23)14-22(4)13-16-9-11-17(12-10-16)21(2)3/h9-12,15,18H,5-8,13-14H2,1-4H3,(H,20,23)/p+1/t15-,18+/m0/s1. The van der Waals surface area contributed by atoms with Crippen molar-refractivity contribution in [3.8, 4) is 0 Å². The molecule has 0 heterocycles. The fourth-order valence-electron chi connectivity index (χ4n) is 3.39. The summed E-state index contributed by atoms with van der Waals surface area (Å²) in [6.45, 7) is 3.67. The van der Waals surface area contributed by atoms with Crippen LogP contribution < -0.4 is 15.1 Å². The summed E-state index contributed by atoms with van der Waals surface area (Å²) in [6.07, 6.45) is 4.93.